The summed E-state index contributed by atoms with van der Waals surface area (Å²) in [5.41, 5.74) is 0. The molecule has 0 fully saturated rings. The lowest BCUT2D eigenvalue weighted by Crippen LogP contribution is -2.44. The average Bonchev–Trinajstić information content (AvgIpc) is 3.41. The van der Waals surface area contributed by atoms with Crippen LogP contribution in [0.3, 0.4) is 0 Å². The van der Waals surface area contributed by atoms with E-state index in [4.69, 9.17) is 29.2 Å². The van der Waals surface area contributed by atoms with Gasteiger partial charge in [0, 0.05) is 64.6 Å². The van der Waals surface area contributed by atoms with Crippen molar-refractivity contribution >= 4 is 64.9 Å². The van der Waals surface area contributed by atoms with Crippen LogP contribution in [0.2, 0.25) is 0 Å². The number of aliphatic hydroxyl groups excluding tert-OH is 1. The van der Waals surface area contributed by atoms with E-state index in [2.05, 4.69) is 26.6 Å². The van der Waals surface area contributed by atoms with Crippen LogP contribution < -0.4 is 26.6 Å². The van der Waals surface area contributed by atoms with Gasteiger partial charge < -0.3 is 71.1 Å². The van der Waals surface area contributed by atoms with Crippen LogP contribution in [0.5, 0.6) is 0 Å². The van der Waals surface area contributed by atoms with Crippen molar-refractivity contribution in [3.8, 4) is 0 Å². The molecule has 10 N–H and O–H groups in total. The van der Waals surface area contributed by atoms with Gasteiger partial charge in [-0.1, -0.05) is 84.5 Å². The minimum Gasteiger partial charge on any atom is -0.481 e. The van der Waals surface area contributed by atoms with Crippen molar-refractivity contribution in [3.63, 3.8) is 0 Å². The monoisotopic (exact) mass is 1160 g/mol. The van der Waals surface area contributed by atoms with E-state index in [9.17, 15) is 68.1 Å². The maximum Gasteiger partial charge on any atom is 0.326 e. The number of carbonyl (C=O) groups is 11. The van der Waals surface area contributed by atoms with Crippen LogP contribution >= 0.6 is 0 Å². The maximum atomic E-state index is 12.6. The molecule has 468 valence electrons. The van der Waals surface area contributed by atoms with Crippen LogP contribution in [-0.4, -0.2) is 188 Å². The fourth-order valence-electron chi connectivity index (χ4n) is 8.23. The molecule has 0 rings (SSSR count). The van der Waals surface area contributed by atoms with Crippen molar-refractivity contribution in [1.29, 1.82) is 0 Å². The molecule has 0 unspecified atom stereocenters. The molecule has 0 aliphatic carbocycles. The van der Waals surface area contributed by atoms with Crippen molar-refractivity contribution in [2.45, 2.75) is 205 Å². The molecule has 25 heteroatoms. The van der Waals surface area contributed by atoms with Gasteiger partial charge in [-0.05, 0) is 64.8 Å². The Morgan fingerprint density at radius 3 is 1.41 bits per heavy atom. The van der Waals surface area contributed by atoms with Gasteiger partial charge >= 0.3 is 23.9 Å². The molecule has 0 radical (unpaired) electrons. The topological polar surface area (TPSA) is 386 Å². The number of carbonyl (C=O) groups excluding carboxylic acids is 7. The smallest absolute Gasteiger partial charge is 0.326 e. The summed E-state index contributed by atoms with van der Waals surface area (Å²) >= 11 is 0. The number of ketones is 3. The quantitative estimate of drug-likeness (QED) is 0.0384. The number of unbranched alkanes of at least 4 members (excludes halogenated alkanes) is 14. The highest BCUT2D eigenvalue weighted by Gasteiger charge is 2.25. The first-order valence-corrected chi connectivity index (χ1v) is 28.6. The normalized spacial score (nSPS) is 12.5. The summed E-state index contributed by atoms with van der Waals surface area (Å²) in [5.74, 6) is -8.58. The van der Waals surface area contributed by atoms with Gasteiger partial charge in [-0.15, -0.1) is 0 Å². The van der Waals surface area contributed by atoms with E-state index in [0.717, 1.165) is 57.8 Å². The molecule has 4 atom stereocenters. The summed E-state index contributed by atoms with van der Waals surface area (Å²) in [6, 6.07) is -3.16. The lowest BCUT2D eigenvalue weighted by Gasteiger charge is -2.17. The third-order valence-electron chi connectivity index (χ3n) is 12.9. The van der Waals surface area contributed by atoms with E-state index in [1.54, 1.807) is 7.05 Å². The summed E-state index contributed by atoms with van der Waals surface area (Å²) in [5, 5.41) is 59.3. The van der Waals surface area contributed by atoms with Gasteiger partial charge in [0.15, 0.2) is 11.6 Å². The number of hydrogen-bond acceptors (Lipinski definition) is 17. The molecule has 0 aliphatic heterocycles. The minimum absolute atomic E-state index is 0. The molecular weight excluding hydrogens is 1060 g/mol. The molecule has 0 aromatic heterocycles. The molecule has 0 saturated heterocycles. The number of rotatable bonds is 58. The zero-order chi connectivity index (χ0) is 59.6. The standard InChI is InChI=1S/C55H95N5O20.CH4/c1-56-44(47(64)38-61)20-16-17-29-57-48(65)27-23-41(53(71)72)37-43(63)39-79-35-34-78-32-30-58-51(68)40-80-36-33-77-31-18-19-42(62)24-25-45(54(73)74)60-50(67)28-26-46(55(75)76)59-49(66)21-14-12-10-8-6-4-2-3-5-7-9-11-13-15-22-52(69)70;/h41,44-46,56,61H,2-40H2,1H3,(H,57,65)(H,58,68)(H,59,66)(H,60,67)(H,69,70)(H,71,72)(H,73,74)(H,75,76);1H4/t41-,44+,45+,46+;/m1./s1. The fraction of sp³-hybridized carbons (Fsp3) is 0.804. The van der Waals surface area contributed by atoms with E-state index in [1.807, 2.05) is 0 Å². The predicted octanol–water partition coefficient (Wildman–Crippen LogP) is 4.06. The number of nitrogens with one attached hydrogen (secondary N) is 5. The maximum absolute atomic E-state index is 12.6. The lowest BCUT2D eigenvalue weighted by atomic mass is 9.97. The molecular formula is C56H99N5O20. The predicted molar refractivity (Wildman–Crippen MR) is 298 cm³/mol. The van der Waals surface area contributed by atoms with E-state index in [-0.39, 0.29) is 149 Å². The van der Waals surface area contributed by atoms with Gasteiger partial charge in [-0.2, -0.15) is 0 Å². The van der Waals surface area contributed by atoms with Gasteiger partial charge in [0.1, 0.15) is 37.7 Å². The van der Waals surface area contributed by atoms with E-state index >= 15 is 0 Å². The van der Waals surface area contributed by atoms with Crippen molar-refractivity contribution in [2.24, 2.45) is 5.92 Å². The minimum atomic E-state index is -1.37. The average molecular weight is 1160 g/mol. The highest BCUT2D eigenvalue weighted by molar-refractivity contribution is 5.87. The number of aliphatic carboxylic acids is 4. The zero-order valence-electron chi connectivity index (χ0n) is 47.2. The Bertz CT molecular complexity index is 1800. The van der Waals surface area contributed by atoms with Crippen LogP contribution in [0.25, 0.3) is 0 Å². The molecule has 0 aromatic rings. The number of hydrogen-bond donors (Lipinski definition) is 10. The third kappa shape index (κ3) is 47.8. The molecule has 0 bridgehead atoms. The van der Waals surface area contributed by atoms with Gasteiger partial charge in [0.2, 0.25) is 23.6 Å². The van der Waals surface area contributed by atoms with E-state index < -0.39 is 78.0 Å². The zero-order valence-corrected chi connectivity index (χ0v) is 47.2. The second-order valence-corrected chi connectivity index (χ2v) is 19.8. The summed E-state index contributed by atoms with van der Waals surface area (Å²) in [4.78, 5) is 131. The van der Waals surface area contributed by atoms with Crippen molar-refractivity contribution in [3.05, 3.63) is 0 Å². The number of carboxylic acid groups (broad SMARTS) is 4. The van der Waals surface area contributed by atoms with Gasteiger partial charge in [-0.25, -0.2) is 9.59 Å². The van der Waals surface area contributed by atoms with Crippen LogP contribution in [-0.2, 0) is 71.7 Å². The third-order valence-corrected chi connectivity index (χ3v) is 12.9. The first-order valence-electron chi connectivity index (χ1n) is 28.6. The molecule has 25 nitrogen and oxygen atoms in total. The molecule has 0 spiro atoms. The molecule has 81 heavy (non-hydrogen) atoms. The van der Waals surface area contributed by atoms with E-state index in [1.165, 1.54) is 25.7 Å². The second kappa shape index (κ2) is 52.6. The van der Waals surface area contributed by atoms with Crippen molar-refractivity contribution in [1.82, 2.24) is 26.6 Å². The molecule has 0 aliphatic rings. The van der Waals surface area contributed by atoms with Gasteiger partial charge in [0.05, 0.1) is 45.0 Å². The molecule has 0 heterocycles. The van der Waals surface area contributed by atoms with Crippen LogP contribution in [0, 0.1) is 5.92 Å². The van der Waals surface area contributed by atoms with Gasteiger partial charge in [0.25, 0.3) is 0 Å². The van der Waals surface area contributed by atoms with Crippen molar-refractivity contribution < 1.29 is 97.2 Å². The summed E-state index contributed by atoms with van der Waals surface area (Å²) in [6.07, 6.45) is 15.6. The van der Waals surface area contributed by atoms with Gasteiger partial charge in [-0.3, -0.25) is 43.2 Å². The van der Waals surface area contributed by atoms with Crippen LogP contribution in [0.4, 0.5) is 0 Å². The fourth-order valence-corrected chi connectivity index (χ4v) is 8.23. The van der Waals surface area contributed by atoms with Crippen molar-refractivity contribution in [2.75, 3.05) is 79.6 Å². The summed E-state index contributed by atoms with van der Waals surface area (Å²) in [6.45, 7) is 0.117. The Labute approximate surface area is 478 Å². The Morgan fingerprint density at radius 1 is 0.395 bits per heavy atom. The Kier molecular flexibility index (Phi) is 50.4. The molecule has 0 aromatic carbocycles. The molecule has 4 amide bonds. The lowest BCUT2D eigenvalue weighted by molar-refractivity contribution is -0.145. The largest absolute Gasteiger partial charge is 0.481 e. The Balaban J connectivity index is 0. The van der Waals surface area contributed by atoms with E-state index in [0.29, 0.717) is 38.6 Å². The number of carboxylic acids is 4. The van der Waals surface area contributed by atoms with Crippen LogP contribution in [0.15, 0.2) is 0 Å². The number of Topliss-reactive ketones (excluding diaryl/α,β-unsaturated/α-hetero) is 3. The highest BCUT2D eigenvalue weighted by atomic mass is 16.5. The highest BCUT2D eigenvalue weighted by Crippen LogP contribution is 2.16. The number of aliphatic hydroxyl groups is 1. The summed E-state index contributed by atoms with van der Waals surface area (Å²) in [7, 11) is 1.62. The first kappa shape index (κ1) is 77.6. The first-order chi connectivity index (χ1) is 38.4. The summed E-state index contributed by atoms with van der Waals surface area (Å²) < 4.78 is 21.4. The molecule has 0 saturated carbocycles. The Morgan fingerprint density at radius 2 is 0.877 bits per heavy atom. The SMILES string of the molecule is C.CN[C@@H](CCCCNC(=O)CC[C@H](CC(=O)COCCOCCNC(=O)COCCOCCCC(=O)CC[C@H](NC(=O)CC[C@H](NC(=O)CCCCCCCCCCCCCCCCC(=O)O)C(=O)O)C(=O)O)C(=O)O)C(=O)CO. The number of likely N-dealkylation sites (N-methyl/N-ethyl adjacent to an activating group) is 1. The van der Waals surface area contributed by atoms with Crippen LogP contribution in [0.1, 0.15) is 187 Å². The number of ether oxygens (including phenoxy) is 4. The Hall–Kier alpha value is -5.47. The second-order valence-electron chi connectivity index (χ2n) is 19.8. The number of amides is 4.